The maximum absolute atomic E-state index is 12.6. The van der Waals surface area contributed by atoms with Crippen molar-refractivity contribution in [1.82, 2.24) is 9.71 Å². The summed E-state index contributed by atoms with van der Waals surface area (Å²) in [7, 11) is -3.57. The molecule has 26 heavy (non-hydrogen) atoms. The van der Waals surface area contributed by atoms with Gasteiger partial charge in [0, 0.05) is 40.6 Å². The minimum absolute atomic E-state index is 0. The molecule has 0 aliphatic heterocycles. The predicted octanol–water partition coefficient (Wildman–Crippen LogP) is 3.35. The van der Waals surface area contributed by atoms with Gasteiger partial charge in [0.1, 0.15) is 0 Å². The Morgan fingerprint density at radius 1 is 1.15 bits per heavy atom. The van der Waals surface area contributed by atoms with Crippen LogP contribution in [0.3, 0.4) is 0 Å². The van der Waals surface area contributed by atoms with E-state index in [2.05, 4.69) is 21.2 Å². The predicted molar refractivity (Wildman–Crippen MR) is 109 cm³/mol. The summed E-state index contributed by atoms with van der Waals surface area (Å²) in [6.07, 6.45) is 5.65. The molecule has 2 heterocycles. The van der Waals surface area contributed by atoms with Crippen molar-refractivity contribution in [1.29, 1.82) is 0 Å². The number of aromatic nitrogens is 1. The fourth-order valence-corrected chi connectivity index (χ4v) is 4.71. The molecule has 3 rings (SSSR count). The zero-order chi connectivity index (χ0) is 17.7. The summed E-state index contributed by atoms with van der Waals surface area (Å²) in [5.41, 5.74) is 6.11. The Hall–Kier alpha value is -1.51. The molecule has 0 amide bonds. The van der Waals surface area contributed by atoms with Crippen LogP contribution in [0.25, 0.3) is 10.8 Å². The molecule has 1 aromatic carbocycles. The molecule has 0 saturated carbocycles. The summed E-state index contributed by atoms with van der Waals surface area (Å²) in [5.74, 6) is 0. The number of halogens is 1. The summed E-state index contributed by atoms with van der Waals surface area (Å²) >= 11 is 1.72. The molecule has 1 atom stereocenters. The number of nitrogens with two attached hydrogens (primary N) is 1. The molecule has 0 aliphatic carbocycles. The van der Waals surface area contributed by atoms with Crippen molar-refractivity contribution in [3.05, 3.63) is 59.0 Å². The SMILES string of the molecule is Cl.NC(CCNS(=O)(=O)c1cccc2cnccc12)CCc1cccs1. The van der Waals surface area contributed by atoms with E-state index >= 15 is 0 Å². The number of nitrogens with one attached hydrogen (secondary N) is 1. The fraction of sp³-hybridized carbons (Fsp3) is 0.278. The van der Waals surface area contributed by atoms with Gasteiger partial charge in [-0.1, -0.05) is 18.2 Å². The van der Waals surface area contributed by atoms with Crippen LogP contribution in [-0.2, 0) is 16.4 Å². The minimum atomic E-state index is -3.57. The van der Waals surface area contributed by atoms with E-state index in [9.17, 15) is 8.42 Å². The van der Waals surface area contributed by atoms with Crippen LogP contribution in [0.5, 0.6) is 0 Å². The number of hydrogen-bond acceptors (Lipinski definition) is 5. The Morgan fingerprint density at radius 2 is 2.00 bits per heavy atom. The van der Waals surface area contributed by atoms with Gasteiger partial charge < -0.3 is 5.73 Å². The molecular weight excluding hydrogens is 390 g/mol. The Labute approximate surface area is 164 Å². The van der Waals surface area contributed by atoms with E-state index in [4.69, 9.17) is 5.73 Å². The maximum Gasteiger partial charge on any atom is 0.241 e. The van der Waals surface area contributed by atoms with Gasteiger partial charge in [0.05, 0.1) is 4.90 Å². The molecule has 0 bridgehead atoms. The molecule has 140 valence electrons. The van der Waals surface area contributed by atoms with Crippen molar-refractivity contribution in [3.63, 3.8) is 0 Å². The molecule has 0 spiro atoms. The lowest BCUT2D eigenvalue weighted by atomic mass is 10.1. The molecule has 3 N–H and O–H groups in total. The number of rotatable bonds is 8. The number of thiophene rings is 1. The summed E-state index contributed by atoms with van der Waals surface area (Å²) in [6, 6.07) is 11.0. The van der Waals surface area contributed by atoms with E-state index in [1.54, 1.807) is 41.9 Å². The standard InChI is InChI=1S/C18H21N3O2S2.ClH/c19-15(6-7-16-4-2-12-24-16)8-11-21-25(22,23)18-5-1-3-14-13-20-10-9-17(14)18;/h1-5,9-10,12-13,15,21H,6-8,11,19H2;1H. The van der Waals surface area contributed by atoms with Crippen LogP contribution in [0.4, 0.5) is 0 Å². The highest BCUT2D eigenvalue weighted by Crippen LogP contribution is 2.21. The van der Waals surface area contributed by atoms with Gasteiger partial charge in [-0.05, 0) is 42.8 Å². The van der Waals surface area contributed by atoms with Gasteiger partial charge in [-0.3, -0.25) is 4.98 Å². The van der Waals surface area contributed by atoms with Gasteiger partial charge in [-0.25, -0.2) is 13.1 Å². The van der Waals surface area contributed by atoms with Gasteiger partial charge in [-0.15, -0.1) is 23.7 Å². The van der Waals surface area contributed by atoms with Crippen molar-refractivity contribution >= 4 is 44.5 Å². The highest BCUT2D eigenvalue weighted by Gasteiger charge is 2.17. The molecule has 0 aliphatic rings. The molecular formula is C18H22ClN3O2S2. The number of fused-ring (bicyclic) bond motifs is 1. The maximum atomic E-state index is 12.6. The topological polar surface area (TPSA) is 85.1 Å². The largest absolute Gasteiger partial charge is 0.328 e. The summed E-state index contributed by atoms with van der Waals surface area (Å²) in [5, 5.41) is 3.53. The van der Waals surface area contributed by atoms with Crippen LogP contribution in [0, 0.1) is 0 Å². The van der Waals surface area contributed by atoms with Crippen LogP contribution in [-0.4, -0.2) is 26.0 Å². The third-order valence-electron chi connectivity index (χ3n) is 4.08. The third kappa shape index (κ3) is 5.25. The number of benzene rings is 1. The van der Waals surface area contributed by atoms with E-state index in [1.807, 2.05) is 12.1 Å². The van der Waals surface area contributed by atoms with Crippen LogP contribution < -0.4 is 10.5 Å². The lowest BCUT2D eigenvalue weighted by molar-refractivity contribution is 0.547. The second-order valence-electron chi connectivity index (χ2n) is 5.92. The van der Waals surface area contributed by atoms with E-state index in [0.717, 1.165) is 18.2 Å². The highest BCUT2D eigenvalue weighted by atomic mass is 35.5. The first-order valence-electron chi connectivity index (χ1n) is 8.16. The minimum Gasteiger partial charge on any atom is -0.328 e. The summed E-state index contributed by atoms with van der Waals surface area (Å²) in [4.78, 5) is 5.62. The normalized spacial score (nSPS) is 12.7. The highest BCUT2D eigenvalue weighted by molar-refractivity contribution is 7.89. The first kappa shape index (κ1) is 20.8. The number of aryl methyl sites for hydroxylation is 1. The Bertz CT molecular complexity index is 925. The number of nitrogens with zero attached hydrogens (tertiary/aromatic N) is 1. The monoisotopic (exact) mass is 411 g/mol. The summed E-state index contributed by atoms with van der Waals surface area (Å²) < 4.78 is 27.9. The molecule has 0 radical (unpaired) electrons. The van der Waals surface area contributed by atoms with Crippen LogP contribution in [0.15, 0.2) is 59.1 Å². The van der Waals surface area contributed by atoms with Gasteiger partial charge in [0.15, 0.2) is 0 Å². The third-order valence-corrected chi connectivity index (χ3v) is 6.53. The van der Waals surface area contributed by atoms with Crippen molar-refractivity contribution < 1.29 is 8.42 Å². The van der Waals surface area contributed by atoms with E-state index < -0.39 is 10.0 Å². The number of pyridine rings is 1. The zero-order valence-electron chi connectivity index (χ0n) is 14.2. The lowest BCUT2D eigenvalue weighted by Gasteiger charge is -2.13. The quantitative estimate of drug-likeness (QED) is 0.595. The van der Waals surface area contributed by atoms with Crippen molar-refractivity contribution in [2.45, 2.75) is 30.2 Å². The molecule has 3 aromatic rings. The van der Waals surface area contributed by atoms with Gasteiger partial charge in [-0.2, -0.15) is 0 Å². The molecule has 2 aromatic heterocycles. The number of hydrogen-bond donors (Lipinski definition) is 2. The smallest absolute Gasteiger partial charge is 0.241 e. The molecule has 1 unspecified atom stereocenters. The Kier molecular flexibility index (Phi) is 7.55. The Morgan fingerprint density at radius 3 is 2.77 bits per heavy atom. The van der Waals surface area contributed by atoms with Gasteiger partial charge in [0.25, 0.3) is 0 Å². The second-order valence-corrected chi connectivity index (χ2v) is 8.69. The zero-order valence-corrected chi connectivity index (χ0v) is 16.6. The lowest BCUT2D eigenvalue weighted by Crippen LogP contribution is -2.30. The Balaban J connectivity index is 0.00000243. The average Bonchev–Trinajstić information content (AvgIpc) is 3.13. The van der Waals surface area contributed by atoms with Crippen LogP contribution >= 0.6 is 23.7 Å². The van der Waals surface area contributed by atoms with Crippen molar-refractivity contribution in [3.8, 4) is 0 Å². The molecule has 0 fully saturated rings. The van der Waals surface area contributed by atoms with Crippen LogP contribution in [0.1, 0.15) is 17.7 Å². The first-order valence-corrected chi connectivity index (χ1v) is 10.5. The van der Waals surface area contributed by atoms with Crippen molar-refractivity contribution in [2.75, 3.05) is 6.54 Å². The molecule has 5 nitrogen and oxygen atoms in total. The van der Waals surface area contributed by atoms with E-state index in [0.29, 0.717) is 18.4 Å². The van der Waals surface area contributed by atoms with E-state index in [-0.39, 0.29) is 23.3 Å². The average molecular weight is 412 g/mol. The fourth-order valence-electron chi connectivity index (χ4n) is 2.71. The number of sulfonamides is 1. The van der Waals surface area contributed by atoms with Crippen molar-refractivity contribution in [2.24, 2.45) is 5.73 Å². The second kappa shape index (κ2) is 9.43. The van der Waals surface area contributed by atoms with E-state index in [1.165, 1.54) is 4.88 Å². The first-order chi connectivity index (χ1) is 12.1. The summed E-state index contributed by atoms with van der Waals surface area (Å²) in [6.45, 7) is 0.329. The molecule has 0 saturated heterocycles. The van der Waals surface area contributed by atoms with Crippen LogP contribution in [0.2, 0.25) is 0 Å². The van der Waals surface area contributed by atoms with Gasteiger partial charge >= 0.3 is 0 Å². The molecule has 8 heteroatoms. The van der Waals surface area contributed by atoms with Gasteiger partial charge in [0.2, 0.25) is 10.0 Å².